The first kappa shape index (κ1) is 23.9. The van der Waals surface area contributed by atoms with Crippen molar-refractivity contribution in [1.82, 2.24) is 9.62 Å². The number of nitrogens with one attached hydrogen (secondary N) is 1. The summed E-state index contributed by atoms with van der Waals surface area (Å²) < 4.78 is 73.7. The molecule has 0 bridgehead atoms. The number of rotatable bonds is 7. The Labute approximate surface area is 184 Å². The second kappa shape index (κ2) is 9.78. The largest absolute Gasteiger partial charge is 0.490 e. The van der Waals surface area contributed by atoms with E-state index < -0.39 is 22.8 Å². The maximum Gasteiger partial charge on any atom is 0.422 e. The zero-order valence-electron chi connectivity index (χ0n) is 17.3. The van der Waals surface area contributed by atoms with Crippen molar-refractivity contribution in [2.75, 3.05) is 26.7 Å². The molecule has 0 aromatic heterocycles. The molecule has 1 amide bonds. The summed E-state index contributed by atoms with van der Waals surface area (Å²) in [5.74, 6) is 0.169. The average Bonchev–Trinajstić information content (AvgIpc) is 2.78. The van der Waals surface area contributed by atoms with Crippen LogP contribution >= 0.6 is 0 Å². The lowest BCUT2D eigenvalue weighted by Crippen LogP contribution is -2.41. The summed E-state index contributed by atoms with van der Waals surface area (Å²) in [4.78, 5) is 14.4. The molecule has 32 heavy (non-hydrogen) atoms. The van der Waals surface area contributed by atoms with Gasteiger partial charge in [-0.15, -0.1) is 0 Å². The van der Waals surface area contributed by atoms with Gasteiger partial charge >= 0.3 is 6.18 Å². The van der Waals surface area contributed by atoms with Gasteiger partial charge < -0.3 is 14.4 Å². The topological polar surface area (TPSA) is 84.9 Å². The van der Waals surface area contributed by atoms with Crippen molar-refractivity contribution >= 4 is 15.9 Å². The van der Waals surface area contributed by atoms with Gasteiger partial charge in [0.2, 0.25) is 10.0 Å². The SMILES string of the molecule is CNS(=O)(=O)c1cccc(C(=O)N2CCC(Oc3cccc(OCC(F)(F)F)c3)CC2)c1. The molecule has 1 fully saturated rings. The summed E-state index contributed by atoms with van der Waals surface area (Å²) in [5.41, 5.74) is 0.273. The normalized spacial score (nSPS) is 15.4. The first-order chi connectivity index (χ1) is 15.1. The van der Waals surface area contributed by atoms with Crippen LogP contribution in [0.1, 0.15) is 23.2 Å². The minimum atomic E-state index is -4.42. The summed E-state index contributed by atoms with van der Waals surface area (Å²) in [5, 5.41) is 0. The molecule has 2 aromatic carbocycles. The molecule has 1 saturated heterocycles. The second-order valence-corrected chi connectivity index (χ2v) is 9.11. The van der Waals surface area contributed by atoms with E-state index in [9.17, 15) is 26.4 Å². The Balaban J connectivity index is 1.57. The number of hydrogen-bond acceptors (Lipinski definition) is 5. The van der Waals surface area contributed by atoms with Crippen LogP contribution in [0.2, 0.25) is 0 Å². The number of alkyl halides is 3. The van der Waals surface area contributed by atoms with E-state index in [0.29, 0.717) is 31.7 Å². The highest BCUT2D eigenvalue weighted by Crippen LogP contribution is 2.26. The van der Waals surface area contributed by atoms with Gasteiger partial charge in [0, 0.05) is 37.6 Å². The van der Waals surface area contributed by atoms with Crippen LogP contribution in [0.3, 0.4) is 0 Å². The van der Waals surface area contributed by atoms with Gasteiger partial charge in [-0.05, 0) is 37.4 Å². The fourth-order valence-electron chi connectivity index (χ4n) is 3.27. The van der Waals surface area contributed by atoms with Gasteiger partial charge in [0.25, 0.3) is 5.91 Å². The molecule has 11 heteroatoms. The molecule has 1 N–H and O–H groups in total. The number of ether oxygens (including phenoxy) is 2. The molecule has 0 radical (unpaired) electrons. The molecule has 1 aliphatic rings. The van der Waals surface area contributed by atoms with Crippen molar-refractivity contribution < 1.29 is 35.9 Å². The van der Waals surface area contributed by atoms with Gasteiger partial charge in [-0.3, -0.25) is 4.79 Å². The zero-order valence-corrected chi connectivity index (χ0v) is 18.1. The van der Waals surface area contributed by atoms with Crippen LogP contribution in [0.25, 0.3) is 0 Å². The quantitative estimate of drug-likeness (QED) is 0.669. The second-order valence-electron chi connectivity index (χ2n) is 7.22. The number of amides is 1. The van der Waals surface area contributed by atoms with Crippen molar-refractivity contribution in [3.63, 3.8) is 0 Å². The lowest BCUT2D eigenvalue weighted by molar-refractivity contribution is -0.153. The fraction of sp³-hybridized carbons (Fsp3) is 0.381. The molecule has 7 nitrogen and oxygen atoms in total. The Bertz CT molecular complexity index is 1050. The number of carbonyl (C=O) groups excluding carboxylic acids is 1. The van der Waals surface area contributed by atoms with E-state index in [1.54, 1.807) is 23.1 Å². The lowest BCUT2D eigenvalue weighted by Gasteiger charge is -2.32. The minimum Gasteiger partial charge on any atom is -0.490 e. The van der Waals surface area contributed by atoms with Crippen LogP contribution < -0.4 is 14.2 Å². The van der Waals surface area contributed by atoms with Gasteiger partial charge in [0.1, 0.15) is 17.6 Å². The average molecular weight is 472 g/mol. The predicted octanol–water partition coefficient (Wildman–Crippen LogP) is 3.22. The van der Waals surface area contributed by atoms with Crippen LogP contribution in [0, 0.1) is 0 Å². The van der Waals surface area contributed by atoms with E-state index in [1.165, 1.54) is 37.4 Å². The van der Waals surface area contributed by atoms with Crippen LogP contribution in [0.5, 0.6) is 11.5 Å². The Morgan fingerprint density at radius 2 is 1.75 bits per heavy atom. The molecule has 174 valence electrons. The zero-order chi connectivity index (χ0) is 23.4. The summed E-state index contributed by atoms with van der Waals surface area (Å²) in [6, 6.07) is 11.8. The van der Waals surface area contributed by atoms with E-state index in [0.717, 1.165) is 0 Å². The van der Waals surface area contributed by atoms with Crippen molar-refractivity contribution in [3.8, 4) is 11.5 Å². The molecule has 1 heterocycles. The number of nitrogens with zero attached hydrogens (tertiary/aromatic N) is 1. The number of piperidine rings is 1. The third-order valence-corrected chi connectivity index (χ3v) is 6.31. The Morgan fingerprint density at radius 1 is 1.09 bits per heavy atom. The molecule has 0 aliphatic carbocycles. The molecule has 0 unspecified atom stereocenters. The van der Waals surface area contributed by atoms with Crippen molar-refractivity contribution in [2.45, 2.75) is 30.0 Å². The highest BCUT2D eigenvalue weighted by atomic mass is 32.2. The summed E-state index contributed by atoms with van der Waals surface area (Å²) in [7, 11) is -2.36. The third-order valence-electron chi connectivity index (χ3n) is 4.90. The maximum absolute atomic E-state index is 12.8. The molecule has 3 rings (SSSR count). The van der Waals surface area contributed by atoms with Gasteiger partial charge in [0.05, 0.1) is 4.90 Å². The highest BCUT2D eigenvalue weighted by Gasteiger charge is 2.29. The minimum absolute atomic E-state index is 0.0108. The highest BCUT2D eigenvalue weighted by molar-refractivity contribution is 7.89. The van der Waals surface area contributed by atoms with Gasteiger partial charge in [0.15, 0.2) is 6.61 Å². The van der Waals surface area contributed by atoms with Crippen molar-refractivity contribution in [2.24, 2.45) is 0 Å². The van der Waals surface area contributed by atoms with Gasteiger partial charge in [-0.1, -0.05) is 12.1 Å². The number of hydrogen-bond donors (Lipinski definition) is 1. The van der Waals surface area contributed by atoms with E-state index in [-0.39, 0.29) is 28.2 Å². The Morgan fingerprint density at radius 3 is 2.41 bits per heavy atom. The van der Waals surface area contributed by atoms with Crippen LogP contribution in [-0.2, 0) is 10.0 Å². The molecular weight excluding hydrogens is 449 g/mol. The third kappa shape index (κ3) is 6.36. The first-order valence-electron chi connectivity index (χ1n) is 9.86. The number of sulfonamides is 1. The maximum atomic E-state index is 12.8. The van der Waals surface area contributed by atoms with Crippen molar-refractivity contribution in [1.29, 1.82) is 0 Å². The van der Waals surface area contributed by atoms with E-state index in [1.807, 2.05) is 0 Å². The van der Waals surface area contributed by atoms with E-state index >= 15 is 0 Å². The molecule has 0 spiro atoms. The Hall–Kier alpha value is -2.79. The van der Waals surface area contributed by atoms with Crippen LogP contribution in [-0.4, -0.2) is 58.2 Å². The number of benzene rings is 2. The molecule has 1 aliphatic heterocycles. The molecule has 0 atom stereocenters. The molecule has 0 saturated carbocycles. The molecular formula is C21H23F3N2O5S. The van der Waals surface area contributed by atoms with Crippen LogP contribution in [0.4, 0.5) is 13.2 Å². The van der Waals surface area contributed by atoms with Gasteiger partial charge in [-0.25, -0.2) is 13.1 Å². The first-order valence-corrected chi connectivity index (χ1v) is 11.3. The fourth-order valence-corrected chi connectivity index (χ4v) is 4.04. The smallest absolute Gasteiger partial charge is 0.422 e. The standard InChI is InChI=1S/C21H23F3N2O5S/c1-25-32(28,29)19-7-2-4-15(12-19)20(27)26-10-8-16(9-11-26)31-18-6-3-5-17(13-18)30-14-21(22,23)24/h2-7,12-13,16,25H,8-11,14H2,1H3. The summed E-state index contributed by atoms with van der Waals surface area (Å²) in [6.45, 7) is -0.582. The number of likely N-dealkylation sites (tertiary alicyclic amines) is 1. The summed E-state index contributed by atoms with van der Waals surface area (Å²) >= 11 is 0. The van der Waals surface area contributed by atoms with Crippen molar-refractivity contribution in [3.05, 3.63) is 54.1 Å². The van der Waals surface area contributed by atoms with Gasteiger partial charge in [-0.2, -0.15) is 13.2 Å². The number of carbonyl (C=O) groups is 1. The Kier molecular flexibility index (Phi) is 7.29. The monoisotopic (exact) mass is 472 g/mol. The van der Waals surface area contributed by atoms with E-state index in [2.05, 4.69) is 4.72 Å². The van der Waals surface area contributed by atoms with Crippen LogP contribution in [0.15, 0.2) is 53.4 Å². The number of halogens is 3. The lowest BCUT2D eigenvalue weighted by atomic mass is 10.1. The predicted molar refractivity (Wildman–Crippen MR) is 110 cm³/mol. The van der Waals surface area contributed by atoms with E-state index in [4.69, 9.17) is 9.47 Å². The molecule has 2 aromatic rings. The summed E-state index contributed by atoms with van der Waals surface area (Å²) in [6.07, 6.45) is -3.60.